The van der Waals surface area contributed by atoms with E-state index >= 15 is 0 Å². The number of nitrogens with one attached hydrogen (secondary N) is 2. The maximum Gasteiger partial charge on any atom is 0.258 e. The van der Waals surface area contributed by atoms with Crippen LogP contribution in [0, 0.1) is 5.92 Å². The molecule has 1 unspecified atom stereocenters. The first-order valence-electron chi connectivity index (χ1n) is 10.8. The van der Waals surface area contributed by atoms with Gasteiger partial charge in [-0.3, -0.25) is 14.6 Å². The molecule has 1 aromatic rings. The van der Waals surface area contributed by atoms with Gasteiger partial charge in [-0.25, -0.2) is 0 Å². The van der Waals surface area contributed by atoms with E-state index in [1.54, 1.807) is 7.05 Å². The summed E-state index contributed by atoms with van der Waals surface area (Å²) < 4.78 is 5.54. The summed E-state index contributed by atoms with van der Waals surface area (Å²) in [5.74, 6) is 1.57. The Morgan fingerprint density at radius 3 is 2.67 bits per heavy atom. The second kappa shape index (κ2) is 10.8. The van der Waals surface area contributed by atoms with Crippen LogP contribution in [0.1, 0.15) is 37.7 Å². The van der Waals surface area contributed by atoms with Crippen LogP contribution in [-0.4, -0.2) is 62.0 Å². The normalized spacial score (nSPS) is 19.3. The Balaban J connectivity index is 1.39. The van der Waals surface area contributed by atoms with Crippen molar-refractivity contribution in [1.82, 2.24) is 15.5 Å². The molecule has 8 heteroatoms. The number of aliphatic imine (C=N–C) groups is 1. The number of carbonyl (C=O) groups excluding carboxylic acids is 2. The van der Waals surface area contributed by atoms with Gasteiger partial charge in [0.15, 0.2) is 12.6 Å². The molecule has 0 spiro atoms. The maximum atomic E-state index is 11.7. The topological polar surface area (TPSA) is 109 Å². The van der Waals surface area contributed by atoms with Gasteiger partial charge in [0.2, 0.25) is 5.91 Å². The van der Waals surface area contributed by atoms with Crippen LogP contribution in [-0.2, 0) is 16.0 Å². The highest BCUT2D eigenvalue weighted by molar-refractivity contribution is 5.80. The van der Waals surface area contributed by atoms with Crippen LogP contribution in [0.4, 0.5) is 0 Å². The minimum absolute atomic E-state index is 0.0559. The number of nitrogens with zero attached hydrogens (tertiary/aromatic N) is 2. The van der Waals surface area contributed by atoms with Crippen molar-refractivity contribution in [3.63, 3.8) is 0 Å². The van der Waals surface area contributed by atoms with Gasteiger partial charge in [-0.1, -0.05) is 12.1 Å². The molecule has 164 valence electrons. The summed E-state index contributed by atoms with van der Waals surface area (Å²) in [7, 11) is 1.78. The Bertz CT molecular complexity index is 746. The number of piperidine rings is 1. The van der Waals surface area contributed by atoms with Gasteiger partial charge in [-0.15, -0.1) is 0 Å². The minimum atomic E-state index is -0.235. The van der Waals surface area contributed by atoms with Gasteiger partial charge in [0, 0.05) is 39.1 Å². The summed E-state index contributed by atoms with van der Waals surface area (Å²) in [4.78, 5) is 29.5. The summed E-state index contributed by atoms with van der Waals surface area (Å²) in [6.45, 7) is 2.56. The van der Waals surface area contributed by atoms with E-state index < -0.39 is 0 Å². The van der Waals surface area contributed by atoms with E-state index in [2.05, 4.69) is 20.5 Å². The molecule has 2 aliphatic rings. The smallest absolute Gasteiger partial charge is 0.258 e. The quantitative estimate of drug-likeness (QED) is 0.413. The highest BCUT2D eigenvalue weighted by atomic mass is 16.5. The summed E-state index contributed by atoms with van der Waals surface area (Å²) >= 11 is 0. The molecule has 1 aliphatic carbocycles. The highest BCUT2D eigenvalue weighted by Crippen LogP contribution is 2.20. The maximum absolute atomic E-state index is 11.7. The second-order valence-corrected chi connectivity index (χ2v) is 8.12. The number of hydrogen-bond donors (Lipinski definition) is 3. The first-order valence-corrected chi connectivity index (χ1v) is 10.8. The van der Waals surface area contributed by atoms with Crippen LogP contribution in [0.3, 0.4) is 0 Å². The van der Waals surface area contributed by atoms with Crippen LogP contribution < -0.4 is 21.1 Å². The number of likely N-dealkylation sites (tertiary alicyclic amines) is 1. The Morgan fingerprint density at radius 1 is 1.23 bits per heavy atom. The standard InChI is InChI=1S/C22H33N5O3/c1-24-22(27-12-2-3-17(14-27)13-20(23)28)25-11-10-16-4-8-19(9-5-16)30-15-21(29)26-18-6-7-18/h4-5,8-9,17-18H,2-3,6-7,10-15H2,1H3,(H2,23,28)(H,24,25)(H,26,29). The molecule has 0 bridgehead atoms. The number of ether oxygens (including phenoxy) is 1. The molecule has 3 rings (SSSR count). The predicted octanol–water partition coefficient (Wildman–Crippen LogP) is 1.05. The second-order valence-electron chi connectivity index (χ2n) is 8.12. The Kier molecular flexibility index (Phi) is 7.93. The highest BCUT2D eigenvalue weighted by Gasteiger charge is 2.24. The number of rotatable bonds is 9. The molecule has 0 aromatic heterocycles. The van der Waals surface area contributed by atoms with Crippen LogP contribution in [0.2, 0.25) is 0 Å². The molecule has 1 atom stereocenters. The van der Waals surface area contributed by atoms with Crippen LogP contribution in [0.15, 0.2) is 29.3 Å². The van der Waals surface area contributed by atoms with Gasteiger partial charge in [0.25, 0.3) is 5.91 Å². The van der Waals surface area contributed by atoms with Crippen molar-refractivity contribution in [3.8, 4) is 5.75 Å². The van der Waals surface area contributed by atoms with Crippen LogP contribution in [0.25, 0.3) is 0 Å². The zero-order valence-electron chi connectivity index (χ0n) is 17.7. The third kappa shape index (κ3) is 7.24. The number of amides is 2. The lowest BCUT2D eigenvalue weighted by Crippen LogP contribution is -2.47. The molecule has 1 heterocycles. The van der Waals surface area contributed by atoms with Crippen molar-refractivity contribution in [2.24, 2.45) is 16.6 Å². The SMILES string of the molecule is CN=C(NCCc1ccc(OCC(=O)NC2CC2)cc1)N1CCCC(CC(N)=O)C1. The van der Waals surface area contributed by atoms with Crippen molar-refractivity contribution in [2.75, 3.05) is 33.3 Å². The lowest BCUT2D eigenvalue weighted by atomic mass is 9.95. The van der Waals surface area contributed by atoms with Crippen molar-refractivity contribution in [3.05, 3.63) is 29.8 Å². The third-order valence-electron chi connectivity index (χ3n) is 5.45. The van der Waals surface area contributed by atoms with Gasteiger partial charge in [-0.05, 0) is 55.7 Å². The van der Waals surface area contributed by atoms with E-state index in [4.69, 9.17) is 10.5 Å². The monoisotopic (exact) mass is 415 g/mol. The molecule has 1 saturated carbocycles. The van der Waals surface area contributed by atoms with Gasteiger partial charge in [0.1, 0.15) is 5.75 Å². The molecule has 30 heavy (non-hydrogen) atoms. The van der Waals surface area contributed by atoms with Gasteiger partial charge < -0.3 is 26.0 Å². The van der Waals surface area contributed by atoms with Crippen molar-refractivity contribution >= 4 is 17.8 Å². The third-order valence-corrected chi connectivity index (χ3v) is 5.45. The molecule has 2 fully saturated rings. The Morgan fingerprint density at radius 2 is 2.00 bits per heavy atom. The van der Waals surface area contributed by atoms with E-state index in [1.807, 2.05) is 24.3 Å². The number of hydrogen-bond acceptors (Lipinski definition) is 4. The van der Waals surface area contributed by atoms with E-state index in [0.717, 1.165) is 57.7 Å². The number of benzene rings is 1. The summed E-state index contributed by atoms with van der Waals surface area (Å²) in [6.07, 6.45) is 5.51. The summed E-state index contributed by atoms with van der Waals surface area (Å²) in [5.41, 5.74) is 6.53. The predicted molar refractivity (Wildman–Crippen MR) is 116 cm³/mol. The first kappa shape index (κ1) is 21.9. The number of primary amides is 1. The lowest BCUT2D eigenvalue weighted by molar-refractivity contribution is -0.123. The first-order chi connectivity index (χ1) is 14.5. The van der Waals surface area contributed by atoms with Crippen molar-refractivity contribution in [2.45, 2.75) is 44.6 Å². The summed E-state index contributed by atoms with van der Waals surface area (Å²) in [5, 5.41) is 6.32. The molecular formula is C22H33N5O3. The molecule has 8 nitrogen and oxygen atoms in total. The van der Waals surface area contributed by atoms with Crippen LogP contribution >= 0.6 is 0 Å². The molecule has 1 saturated heterocycles. The average molecular weight is 416 g/mol. The van der Waals surface area contributed by atoms with E-state index in [0.29, 0.717) is 24.1 Å². The molecule has 1 aromatic carbocycles. The lowest BCUT2D eigenvalue weighted by Gasteiger charge is -2.34. The van der Waals surface area contributed by atoms with Gasteiger partial charge >= 0.3 is 0 Å². The zero-order valence-corrected chi connectivity index (χ0v) is 17.7. The van der Waals surface area contributed by atoms with Gasteiger partial charge in [-0.2, -0.15) is 0 Å². The van der Waals surface area contributed by atoms with E-state index in [-0.39, 0.29) is 18.4 Å². The fraction of sp³-hybridized carbons (Fsp3) is 0.591. The minimum Gasteiger partial charge on any atom is -0.484 e. The van der Waals surface area contributed by atoms with Gasteiger partial charge in [0.05, 0.1) is 0 Å². The fourth-order valence-electron chi connectivity index (χ4n) is 3.76. The molecule has 1 aliphatic heterocycles. The van der Waals surface area contributed by atoms with E-state index in [9.17, 15) is 9.59 Å². The number of nitrogens with two attached hydrogens (primary N) is 1. The number of carbonyl (C=O) groups is 2. The van der Waals surface area contributed by atoms with E-state index in [1.165, 1.54) is 5.56 Å². The summed E-state index contributed by atoms with van der Waals surface area (Å²) in [6, 6.07) is 8.18. The Hall–Kier alpha value is -2.77. The van der Waals surface area contributed by atoms with Crippen LogP contribution in [0.5, 0.6) is 5.75 Å². The van der Waals surface area contributed by atoms with Crippen molar-refractivity contribution < 1.29 is 14.3 Å². The molecular weight excluding hydrogens is 382 g/mol. The zero-order chi connectivity index (χ0) is 21.3. The molecule has 0 radical (unpaired) electrons. The molecule has 2 amide bonds. The fourth-order valence-corrected chi connectivity index (χ4v) is 3.76. The van der Waals surface area contributed by atoms with Crippen molar-refractivity contribution in [1.29, 1.82) is 0 Å². The molecule has 4 N–H and O–H groups in total. The Labute approximate surface area is 178 Å². The average Bonchev–Trinajstić information content (AvgIpc) is 3.54. The number of guanidine groups is 1. The largest absolute Gasteiger partial charge is 0.484 e.